The second kappa shape index (κ2) is 6.58. The van der Waals surface area contributed by atoms with Crippen LogP contribution in [0.1, 0.15) is 12.0 Å². The fraction of sp³-hybridized carbons (Fsp3) is 0.467. The zero-order chi connectivity index (χ0) is 15.4. The van der Waals surface area contributed by atoms with E-state index in [4.69, 9.17) is 0 Å². The molecule has 0 radical (unpaired) electrons. The van der Waals surface area contributed by atoms with E-state index in [1.165, 1.54) is 4.90 Å². The first kappa shape index (κ1) is 15.3. The van der Waals surface area contributed by atoms with Crippen LogP contribution in [0.25, 0.3) is 0 Å². The Hall–Kier alpha value is -2.08. The molecule has 1 heterocycles. The lowest BCUT2D eigenvalue weighted by Gasteiger charge is -2.23. The molecule has 0 fully saturated rings. The lowest BCUT2D eigenvalue weighted by molar-refractivity contribution is -0.138. The first-order valence-electron chi connectivity index (χ1n) is 7.03. The Bertz CT molecular complexity index is 531. The van der Waals surface area contributed by atoms with Gasteiger partial charge in [-0.1, -0.05) is 18.2 Å². The zero-order valence-electron chi connectivity index (χ0n) is 12.4. The molecule has 6 heteroatoms. The van der Waals surface area contributed by atoms with E-state index in [0.717, 1.165) is 18.5 Å². The van der Waals surface area contributed by atoms with Crippen LogP contribution in [0.3, 0.4) is 0 Å². The summed E-state index contributed by atoms with van der Waals surface area (Å²) in [5.41, 5.74) is 1.59. The third kappa shape index (κ3) is 3.52. The van der Waals surface area contributed by atoms with Crippen molar-refractivity contribution in [2.24, 2.45) is 0 Å². The van der Waals surface area contributed by atoms with Crippen LogP contribution in [-0.2, 0) is 11.2 Å². The summed E-state index contributed by atoms with van der Waals surface area (Å²) in [5.74, 6) is -0.977. The highest BCUT2D eigenvalue weighted by Crippen LogP contribution is 2.32. The summed E-state index contributed by atoms with van der Waals surface area (Å²) in [6.07, 6.45) is 1.18. The first-order valence-corrected chi connectivity index (χ1v) is 7.03. The number of rotatable bonds is 5. The molecule has 1 aliphatic heterocycles. The highest BCUT2D eigenvalue weighted by atomic mass is 16.4. The van der Waals surface area contributed by atoms with Crippen molar-refractivity contribution >= 4 is 17.7 Å². The number of carbonyl (C=O) groups excluding carboxylic acids is 1. The lowest BCUT2D eigenvalue weighted by Crippen LogP contribution is -2.48. The molecule has 0 saturated heterocycles. The van der Waals surface area contributed by atoms with E-state index in [1.807, 2.05) is 37.2 Å². The van der Waals surface area contributed by atoms with Crippen LogP contribution in [0.5, 0.6) is 0 Å². The maximum atomic E-state index is 12.3. The van der Waals surface area contributed by atoms with Crippen molar-refractivity contribution in [1.29, 1.82) is 0 Å². The van der Waals surface area contributed by atoms with Gasteiger partial charge in [0.25, 0.3) is 0 Å². The molecule has 2 amide bonds. The first-order chi connectivity index (χ1) is 10.0. The Morgan fingerprint density at radius 3 is 2.76 bits per heavy atom. The predicted octanol–water partition coefficient (Wildman–Crippen LogP) is 1.16. The summed E-state index contributed by atoms with van der Waals surface area (Å²) < 4.78 is 0. The van der Waals surface area contributed by atoms with Gasteiger partial charge in [-0.05, 0) is 38.7 Å². The van der Waals surface area contributed by atoms with E-state index >= 15 is 0 Å². The summed E-state index contributed by atoms with van der Waals surface area (Å²) in [7, 11) is 3.94. The highest BCUT2D eigenvalue weighted by molar-refractivity contribution is 6.01. The summed E-state index contributed by atoms with van der Waals surface area (Å²) >= 11 is 0. The van der Waals surface area contributed by atoms with Crippen molar-refractivity contribution in [1.82, 2.24) is 10.2 Å². The summed E-state index contributed by atoms with van der Waals surface area (Å²) in [6, 6.07) is 6.16. The van der Waals surface area contributed by atoms with Gasteiger partial charge in [-0.3, -0.25) is 4.90 Å². The molecule has 0 unspecified atom stereocenters. The zero-order valence-corrected chi connectivity index (χ0v) is 12.4. The van der Waals surface area contributed by atoms with Crippen molar-refractivity contribution in [2.75, 3.05) is 32.1 Å². The molecular formula is C15H21N3O3. The number of nitrogens with one attached hydrogen (secondary N) is 1. The number of nitrogens with zero attached hydrogens (tertiary/aromatic N) is 2. The Labute approximate surface area is 124 Å². The number of carboxylic acid groups (broad SMARTS) is 1. The molecule has 1 aromatic carbocycles. The molecule has 0 saturated carbocycles. The van der Waals surface area contributed by atoms with Crippen molar-refractivity contribution < 1.29 is 14.7 Å². The molecule has 2 N–H and O–H groups in total. The van der Waals surface area contributed by atoms with Gasteiger partial charge < -0.3 is 15.3 Å². The molecule has 1 aliphatic rings. The minimum Gasteiger partial charge on any atom is -0.480 e. The van der Waals surface area contributed by atoms with Crippen LogP contribution in [0.2, 0.25) is 0 Å². The van der Waals surface area contributed by atoms with E-state index in [9.17, 15) is 14.7 Å². The van der Waals surface area contributed by atoms with Gasteiger partial charge in [-0.2, -0.15) is 0 Å². The Balaban J connectivity index is 2.04. The number of aliphatic carboxylic acids is 1. The molecule has 1 aromatic rings. The standard InChI is InChI=1S/C15H21N3O3/c1-17(2)9-5-8-16-15(21)18-12-7-4-3-6-11(12)10-13(18)14(19)20/h3-4,6-7,13H,5,8-10H2,1-2H3,(H,16,21)(H,19,20)/t13-/m0/s1. The molecule has 0 aliphatic carbocycles. The molecule has 114 valence electrons. The summed E-state index contributed by atoms with van der Waals surface area (Å²) in [5, 5.41) is 12.1. The molecule has 0 aromatic heterocycles. The van der Waals surface area contributed by atoms with E-state index in [1.54, 1.807) is 6.07 Å². The quantitative estimate of drug-likeness (QED) is 0.799. The van der Waals surface area contributed by atoms with E-state index in [-0.39, 0.29) is 6.03 Å². The average Bonchev–Trinajstić information content (AvgIpc) is 2.83. The third-order valence-electron chi connectivity index (χ3n) is 3.54. The SMILES string of the molecule is CN(C)CCCNC(=O)N1c2ccccc2C[C@H]1C(=O)O. The lowest BCUT2D eigenvalue weighted by atomic mass is 10.1. The summed E-state index contributed by atoms with van der Waals surface area (Å²) in [4.78, 5) is 27.1. The van der Waals surface area contributed by atoms with Crippen LogP contribution in [0.15, 0.2) is 24.3 Å². The number of para-hydroxylation sites is 1. The number of hydrogen-bond acceptors (Lipinski definition) is 3. The minimum absolute atomic E-state index is 0.342. The number of amides is 2. The van der Waals surface area contributed by atoms with Gasteiger partial charge in [0.1, 0.15) is 6.04 Å². The van der Waals surface area contributed by atoms with Crippen LogP contribution in [-0.4, -0.2) is 55.2 Å². The van der Waals surface area contributed by atoms with Gasteiger partial charge in [0.2, 0.25) is 0 Å². The van der Waals surface area contributed by atoms with Gasteiger partial charge in [0.05, 0.1) is 0 Å². The molecule has 6 nitrogen and oxygen atoms in total. The van der Waals surface area contributed by atoms with E-state index in [2.05, 4.69) is 5.32 Å². The van der Waals surface area contributed by atoms with Crippen molar-refractivity contribution in [2.45, 2.75) is 18.9 Å². The van der Waals surface area contributed by atoms with Gasteiger partial charge in [-0.15, -0.1) is 0 Å². The van der Waals surface area contributed by atoms with Crippen LogP contribution < -0.4 is 10.2 Å². The van der Waals surface area contributed by atoms with Gasteiger partial charge >= 0.3 is 12.0 Å². The highest BCUT2D eigenvalue weighted by Gasteiger charge is 2.38. The smallest absolute Gasteiger partial charge is 0.327 e. The number of carboxylic acids is 1. The fourth-order valence-corrected chi connectivity index (χ4v) is 2.51. The van der Waals surface area contributed by atoms with E-state index in [0.29, 0.717) is 18.7 Å². The van der Waals surface area contributed by atoms with Crippen molar-refractivity contribution in [3.63, 3.8) is 0 Å². The molecular weight excluding hydrogens is 270 g/mol. The Kier molecular flexibility index (Phi) is 4.80. The van der Waals surface area contributed by atoms with Crippen molar-refractivity contribution in [3.8, 4) is 0 Å². The molecule has 1 atom stereocenters. The Morgan fingerprint density at radius 2 is 2.10 bits per heavy atom. The number of carbonyl (C=O) groups is 2. The monoisotopic (exact) mass is 291 g/mol. The molecule has 0 spiro atoms. The number of fused-ring (bicyclic) bond motifs is 1. The number of anilines is 1. The molecule has 21 heavy (non-hydrogen) atoms. The Morgan fingerprint density at radius 1 is 1.38 bits per heavy atom. The maximum absolute atomic E-state index is 12.3. The van der Waals surface area contributed by atoms with Crippen LogP contribution >= 0.6 is 0 Å². The average molecular weight is 291 g/mol. The normalized spacial score (nSPS) is 16.9. The van der Waals surface area contributed by atoms with Gasteiger partial charge in [0.15, 0.2) is 0 Å². The molecule has 0 bridgehead atoms. The maximum Gasteiger partial charge on any atom is 0.327 e. The van der Waals surface area contributed by atoms with Gasteiger partial charge in [-0.25, -0.2) is 9.59 Å². The number of hydrogen-bond donors (Lipinski definition) is 2. The molecule has 2 rings (SSSR count). The van der Waals surface area contributed by atoms with Crippen LogP contribution in [0, 0.1) is 0 Å². The van der Waals surface area contributed by atoms with Crippen LogP contribution in [0.4, 0.5) is 10.5 Å². The number of urea groups is 1. The summed E-state index contributed by atoms with van der Waals surface area (Å²) in [6.45, 7) is 1.40. The fourth-order valence-electron chi connectivity index (χ4n) is 2.51. The topological polar surface area (TPSA) is 72.9 Å². The predicted molar refractivity (Wildman–Crippen MR) is 80.6 cm³/mol. The van der Waals surface area contributed by atoms with E-state index < -0.39 is 12.0 Å². The minimum atomic E-state index is -0.977. The van der Waals surface area contributed by atoms with Gasteiger partial charge in [0, 0.05) is 18.7 Å². The second-order valence-corrected chi connectivity index (χ2v) is 5.45. The second-order valence-electron chi connectivity index (χ2n) is 5.45. The number of benzene rings is 1. The largest absolute Gasteiger partial charge is 0.480 e. The van der Waals surface area contributed by atoms with Crippen molar-refractivity contribution in [3.05, 3.63) is 29.8 Å². The third-order valence-corrected chi connectivity index (χ3v) is 3.54.